The van der Waals surface area contributed by atoms with Gasteiger partial charge in [0.25, 0.3) is 0 Å². The number of ether oxygens (including phenoxy) is 1. The minimum atomic E-state index is -0.370. The molecule has 0 saturated carbocycles. The van der Waals surface area contributed by atoms with Gasteiger partial charge in [-0.25, -0.2) is 4.39 Å². The van der Waals surface area contributed by atoms with Crippen molar-refractivity contribution >= 4 is 23.3 Å². The summed E-state index contributed by atoms with van der Waals surface area (Å²) in [6.07, 6.45) is 2.08. The van der Waals surface area contributed by atoms with Crippen molar-refractivity contribution in [2.45, 2.75) is 31.8 Å². The Hall–Kier alpha value is -1.40. The number of halogens is 1. The van der Waals surface area contributed by atoms with Crippen LogP contribution in [0.1, 0.15) is 25.8 Å². The fourth-order valence-electron chi connectivity index (χ4n) is 3.14. The maximum atomic E-state index is 13.8. The zero-order valence-electron chi connectivity index (χ0n) is 12.5. The highest BCUT2D eigenvalue weighted by molar-refractivity contribution is 7.71. The van der Waals surface area contributed by atoms with Crippen LogP contribution in [-0.4, -0.2) is 41.2 Å². The number of hydrogen-bond acceptors (Lipinski definition) is 3. The average molecular weight is 309 g/mol. The van der Waals surface area contributed by atoms with E-state index in [1.165, 1.54) is 13.2 Å². The quantitative estimate of drug-likeness (QED) is 0.862. The summed E-state index contributed by atoms with van der Waals surface area (Å²) in [5.41, 5.74) is 1.64. The van der Waals surface area contributed by atoms with Gasteiger partial charge in [0.2, 0.25) is 0 Å². The van der Waals surface area contributed by atoms with E-state index in [0.717, 1.165) is 30.4 Å². The number of methoxy groups -OCH3 is 1. The molecular weight excluding hydrogens is 289 g/mol. The molecule has 1 aromatic carbocycles. The number of piperidine rings is 1. The van der Waals surface area contributed by atoms with Crippen LogP contribution >= 0.6 is 12.2 Å². The number of aromatic nitrogens is 2. The maximum absolute atomic E-state index is 13.8. The first kappa shape index (κ1) is 14.5. The van der Waals surface area contributed by atoms with Gasteiger partial charge in [-0.05, 0) is 39.0 Å². The Kier molecular flexibility index (Phi) is 3.75. The minimum Gasteiger partial charge on any atom is -0.494 e. The fourth-order valence-corrected chi connectivity index (χ4v) is 3.50. The van der Waals surface area contributed by atoms with Gasteiger partial charge in [0.1, 0.15) is 0 Å². The van der Waals surface area contributed by atoms with Gasteiger partial charge in [-0.1, -0.05) is 0 Å². The standard InChI is InChI=1S/C15H20FN3OS/c1-9-6-10(4-5-18(9)2)19-13-8-14(20-3)11(16)7-12(13)17-15(19)21/h7-10H,4-6H2,1-3H3,(H,17,21). The van der Waals surface area contributed by atoms with Crippen molar-refractivity contribution in [3.63, 3.8) is 0 Å². The van der Waals surface area contributed by atoms with Gasteiger partial charge in [0.15, 0.2) is 16.3 Å². The monoisotopic (exact) mass is 309 g/mol. The summed E-state index contributed by atoms with van der Waals surface area (Å²) in [7, 11) is 3.63. The molecule has 1 aliphatic heterocycles. The molecule has 0 spiro atoms. The number of fused-ring (bicyclic) bond motifs is 1. The molecule has 21 heavy (non-hydrogen) atoms. The van der Waals surface area contributed by atoms with Crippen LogP contribution in [0.2, 0.25) is 0 Å². The summed E-state index contributed by atoms with van der Waals surface area (Å²) in [5, 5.41) is 0. The van der Waals surface area contributed by atoms with Gasteiger partial charge < -0.3 is 19.2 Å². The normalized spacial score (nSPS) is 23.6. The molecule has 6 heteroatoms. The lowest BCUT2D eigenvalue weighted by Crippen LogP contribution is -2.38. The molecule has 1 fully saturated rings. The average Bonchev–Trinajstić information content (AvgIpc) is 2.76. The topological polar surface area (TPSA) is 33.2 Å². The largest absolute Gasteiger partial charge is 0.494 e. The van der Waals surface area contributed by atoms with E-state index in [1.54, 1.807) is 6.07 Å². The van der Waals surface area contributed by atoms with Crippen LogP contribution in [0.15, 0.2) is 12.1 Å². The van der Waals surface area contributed by atoms with Crippen molar-refractivity contribution in [2.24, 2.45) is 0 Å². The fraction of sp³-hybridized carbons (Fsp3) is 0.533. The first-order valence-corrected chi connectivity index (χ1v) is 7.60. The van der Waals surface area contributed by atoms with Gasteiger partial charge in [-0.15, -0.1) is 0 Å². The Balaban J connectivity index is 2.09. The number of aromatic amines is 1. The van der Waals surface area contributed by atoms with E-state index in [4.69, 9.17) is 17.0 Å². The van der Waals surface area contributed by atoms with Gasteiger partial charge in [0.05, 0.1) is 18.1 Å². The van der Waals surface area contributed by atoms with Crippen molar-refractivity contribution in [3.05, 3.63) is 22.7 Å². The molecule has 3 rings (SSSR count). The molecule has 1 N–H and O–H groups in total. The minimum absolute atomic E-state index is 0.256. The Bertz CT molecular complexity index is 724. The molecule has 2 unspecified atom stereocenters. The number of hydrogen-bond donors (Lipinski definition) is 1. The van der Waals surface area contributed by atoms with E-state index in [9.17, 15) is 4.39 Å². The van der Waals surface area contributed by atoms with Crippen molar-refractivity contribution in [1.29, 1.82) is 0 Å². The second-order valence-corrected chi connectivity index (χ2v) is 6.20. The van der Waals surface area contributed by atoms with Crippen LogP contribution in [0, 0.1) is 10.6 Å². The SMILES string of the molecule is COc1cc2c(cc1F)[nH]c(=S)n2C1CCN(C)C(C)C1. The van der Waals surface area contributed by atoms with Gasteiger partial charge in [0, 0.05) is 30.8 Å². The molecule has 0 amide bonds. The summed E-state index contributed by atoms with van der Waals surface area (Å²) in [4.78, 5) is 5.47. The van der Waals surface area contributed by atoms with E-state index >= 15 is 0 Å². The number of likely N-dealkylation sites (tertiary alicyclic amines) is 1. The molecule has 1 aliphatic rings. The van der Waals surface area contributed by atoms with Crippen molar-refractivity contribution in [3.8, 4) is 5.75 Å². The molecule has 114 valence electrons. The number of H-pyrrole nitrogens is 1. The first-order chi connectivity index (χ1) is 10.0. The molecule has 0 radical (unpaired) electrons. The molecule has 2 atom stereocenters. The van der Waals surface area contributed by atoms with E-state index in [-0.39, 0.29) is 11.6 Å². The van der Waals surface area contributed by atoms with Crippen LogP contribution in [-0.2, 0) is 0 Å². The second-order valence-electron chi connectivity index (χ2n) is 5.81. The predicted octanol–water partition coefficient (Wildman–Crippen LogP) is 3.50. The Labute approximate surface area is 128 Å². The zero-order valence-corrected chi connectivity index (χ0v) is 13.3. The van der Waals surface area contributed by atoms with E-state index < -0.39 is 0 Å². The highest BCUT2D eigenvalue weighted by Crippen LogP contribution is 2.32. The molecule has 2 aromatic rings. The Morgan fingerprint density at radius 2 is 2.19 bits per heavy atom. The summed E-state index contributed by atoms with van der Waals surface area (Å²) >= 11 is 5.46. The lowest BCUT2D eigenvalue weighted by molar-refractivity contribution is 0.158. The first-order valence-electron chi connectivity index (χ1n) is 7.19. The van der Waals surface area contributed by atoms with Crippen LogP contribution in [0.3, 0.4) is 0 Å². The molecular formula is C15H20FN3OS. The molecule has 1 aromatic heterocycles. The third-order valence-electron chi connectivity index (χ3n) is 4.54. The number of rotatable bonds is 2. The van der Waals surface area contributed by atoms with Crippen LogP contribution in [0.5, 0.6) is 5.75 Å². The van der Waals surface area contributed by atoms with Gasteiger partial charge in [-0.3, -0.25) is 0 Å². The molecule has 4 nitrogen and oxygen atoms in total. The molecule has 1 saturated heterocycles. The predicted molar refractivity (Wildman–Crippen MR) is 84.0 cm³/mol. The molecule has 0 aliphatic carbocycles. The summed E-state index contributed by atoms with van der Waals surface area (Å²) in [6.45, 7) is 3.27. The second kappa shape index (κ2) is 5.42. The lowest BCUT2D eigenvalue weighted by atomic mass is 9.98. The Morgan fingerprint density at radius 3 is 2.86 bits per heavy atom. The zero-order chi connectivity index (χ0) is 15.1. The van der Waals surface area contributed by atoms with Crippen LogP contribution < -0.4 is 4.74 Å². The van der Waals surface area contributed by atoms with Crippen molar-refractivity contribution in [1.82, 2.24) is 14.5 Å². The van der Waals surface area contributed by atoms with E-state index in [2.05, 4.69) is 28.4 Å². The summed E-state index contributed by atoms with van der Waals surface area (Å²) in [6, 6.07) is 4.05. The Morgan fingerprint density at radius 1 is 1.43 bits per heavy atom. The van der Waals surface area contributed by atoms with E-state index in [1.807, 2.05) is 0 Å². The number of nitrogens with one attached hydrogen (secondary N) is 1. The highest BCUT2D eigenvalue weighted by atomic mass is 32.1. The highest BCUT2D eigenvalue weighted by Gasteiger charge is 2.26. The number of benzene rings is 1. The maximum Gasteiger partial charge on any atom is 0.178 e. The smallest absolute Gasteiger partial charge is 0.178 e. The van der Waals surface area contributed by atoms with Gasteiger partial charge >= 0.3 is 0 Å². The third kappa shape index (κ3) is 2.46. The van der Waals surface area contributed by atoms with E-state index in [0.29, 0.717) is 16.9 Å². The number of nitrogens with zero attached hydrogens (tertiary/aromatic N) is 2. The third-order valence-corrected chi connectivity index (χ3v) is 4.83. The summed E-state index contributed by atoms with van der Waals surface area (Å²) in [5.74, 6) is -0.114. The number of imidazole rings is 1. The molecule has 0 bridgehead atoms. The lowest BCUT2D eigenvalue weighted by Gasteiger charge is -2.35. The van der Waals surface area contributed by atoms with Crippen LogP contribution in [0.4, 0.5) is 4.39 Å². The molecule has 2 heterocycles. The van der Waals surface area contributed by atoms with Crippen molar-refractivity contribution in [2.75, 3.05) is 20.7 Å². The van der Waals surface area contributed by atoms with Crippen molar-refractivity contribution < 1.29 is 9.13 Å². The van der Waals surface area contributed by atoms with Crippen LogP contribution in [0.25, 0.3) is 11.0 Å². The van der Waals surface area contributed by atoms with Gasteiger partial charge in [-0.2, -0.15) is 0 Å². The summed E-state index contributed by atoms with van der Waals surface area (Å²) < 4.78 is 21.7.